The first kappa shape index (κ1) is 13.4. The molecule has 0 spiro atoms. The molecule has 0 aliphatic rings. The zero-order valence-electron chi connectivity index (χ0n) is 10.4. The molecule has 1 N–H and O–H groups in total. The minimum Gasteiger partial charge on any atom is -0.380 e. The number of hydrogen-bond acceptors (Lipinski definition) is 1. The highest BCUT2D eigenvalue weighted by Gasteiger charge is 2.01. The minimum atomic E-state index is 0.759. The van der Waals surface area contributed by atoms with Gasteiger partial charge in [-0.3, -0.25) is 0 Å². The van der Waals surface area contributed by atoms with Crippen molar-refractivity contribution in [1.29, 1.82) is 0 Å². The summed E-state index contributed by atoms with van der Waals surface area (Å²) in [5.41, 5.74) is 4.67. The number of nitrogens with one attached hydrogen (secondary N) is 1. The summed E-state index contributed by atoms with van der Waals surface area (Å²) in [5, 5.41) is 4.13. The summed E-state index contributed by atoms with van der Waals surface area (Å²) >= 11 is 9.65. The monoisotopic (exact) mass is 323 g/mol. The Hall–Kier alpha value is -0.990. The van der Waals surface area contributed by atoms with Crippen LogP contribution in [0.15, 0.2) is 40.9 Å². The largest absolute Gasteiger partial charge is 0.380 e. The first-order valence-electron chi connectivity index (χ1n) is 5.81. The average molecular weight is 325 g/mol. The molecule has 0 heterocycles. The van der Waals surface area contributed by atoms with Gasteiger partial charge in [0.05, 0.1) is 10.7 Å². The van der Waals surface area contributed by atoms with E-state index in [1.807, 2.05) is 12.1 Å². The predicted octanol–water partition coefficient (Wildman–Crippen LogP) is 5.33. The number of rotatable bonds is 3. The molecule has 18 heavy (non-hydrogen) atoms. The van der Waals surface area contributed by atoms with E-state index in [-0.39, 0.29) is 0 Å². The number of benzene rings is 2. The zero-order chi connectivity index (χ0) is 13.1. The van der Waals surface area contributed by atoms with E-state index in [4.69, 9.17) is 11.6 Å². The van der Waals surface area contributed by atoms with E-state index in [1.165, 1.54) is 16.7 Å². The highest BCUT2D eigenvalue weighted by molar-refractivity contribution is 9.10. The fraction of sp³-hybridized carbons (Fsp3) is 0.200. The maximum absolute atomic E-state index is 6.15. The topological polar surface area (TPSA) is 12.0 Å². The summed E-state index contributed by atoms with van der Waals surface area (Å²) in [6.45, 7) is 4.93. The molecule has 0 atom stereocenters. The first-order valence-corrected chi connectivity index (χ1v) is 6.98. The van der Waals surface area contributed by atoms with Gasteiger partial charge in [-0.1, -0.05) is 45.7 Å². The third-order valence-corrected chi connectivity index (χ3v) is 4.05. The van der Waals surface area contributed by atoms with E-state index < -0.39 is 0 Å². The summed E-state index contributed by atoms with van der Waals surface area (Å²) in [6, 6.07) is 12.3. The molecule has 0 fully saturated rings. The van der Waals surface area contributed by atoms with Crippen molar-refractivity contribution in [3.63, 3.8) is 0 Å². The van der Waals surface area contributed by atoms with Crippen LogP contribution in [0.3, 0.4) is 0 Å². The van der Waals surface area contributed by atoms with Crippen LogP contribution in [-0.2, 0) is 6.54 Å². The second-order valence-corrected chi connectivity index (χ2v) is 5.68. The molecule has 0 aromatic heterocycles. The summed E-state index contributed by atoms with van der Waals surface area (Å²) < 4.78 is 1.14. The van der Waals surface area contributed by atoms with Gasteiger partial charge in [-0.05, 0) is 48.7 Å². The fourth-order valence-electron chi connectivity index (χ4n) is 1.79. The summed E-state index contributed by atoms with van der Waals surface area (Å²) in [7, 11) is 0. The van der Waals surface area contributed by atoms with Gasteiger partial charge >= 0.3 is 0 Å². The van der Waals surface area contributed by atoms with Crippen molar-refractivity contribution >= 4 is 33.2 Å². The maximum atomic E-state index is 6.15. The highest BCUT2D eigenvalue weighted by Crippen LogP contribution is 2.24. The quantitative estimate of drug-likeness (QED) is 0.804. The van der Waals surface area contributed by atoms with Gasteiger partial charge in [0.15, 0.2) is 0 Å². The van der Waals surface area contributed by atoms with Crippen molar-refractivity contribution in [3.05, 3.63) is 62.6 Å². The van der Waals surface area contributed by atoms with Crippen LogP contribution in [0.1, 0.15) is 16.7 Å². The summed E-state index contributed by atoms with van der Waals surface area (Å²) in [4.78, 5) is 0. The Bertz CT molecular complexity index is 566. The lowest BCUT2D eigenvalue weighted by Crippen LogP contribution is -2.00. The fourth-order valence-corrected chi connectivity index (χ4v) is 2.22. The molecule has 0 aliphatic carbocycles. The molecule has 0 amide bonds. The van der Waals surface area contributed by atoms with E-state index in [2.05, 4.69) is 59.4 Å². The molecule has 0 bridgehead atoms. The molecule has 2 rings (SSSR count). The van der Waals surface area contributed by atoms with Crippen molar-refractivity contribution in [2.75, 3.05) is 5.32 Å². The van der Waals surface area contributed by atoms with Gasteiger partial charge in [0.25, 0.3) is 0 Å². The molecule has 1 nitrogen and oxygen atoms in total. The molecular weight excluding hydrogens is 310 g/mol. The van der Waals surface area contributed by atoms with Gasteiger partial charge in [0.1, 0.15) is 0 Å². The normalized spacial score (nSPS) is 10.4. The number of halogens is 2. The van der Waals surface area contributed by atoms with Gasteiger partial charge < -0.3 is 5.32 Å². The highest BCUT2D eigenvalue weighted by atomic mass is 79.9. The second-order valence-electron chi connectivity index (χ2n) is 4.42. The maximum Gasteiger partial charge on any atom is 0.0637 e. The standard InChI is InChI=1S/C15H15BrClN/c1-10-3-6-14(17)15(7-10)18-9-12-4-5-13(16)11(2)8-12/h3-8,18H,9H2,1-2H3. The number of aryl methyl sites for hydroxylation is 2. The first-order chi connectivity index (χ1) is 8.56. The van der Waals surface area contributed by atoms with Crippen LogP contribution in [0.4, 0.5) is 5.69 Å². The Labute approximate surface area is 121 Å². The van der Waals surface area contributed by atoms with E-state index >= 15 is 0 Å². The SMILES string of the molecule is Cc1ccc(Cl)c(NCc2ccc(Br)c(C)c2)c1. The minimum absolute atomic E-state index is 0.759. The van der Waals surface area contributed by atoms with E-state index in [0.717, 1.165) is 21.7 Å². The molecule has 2 aromatic rings. The van der Waals surface area contributed by atoms with Crippen molar-refractivity contribution in [2.24, 2.45) is 0 Å². The van der Waals surface area contributed by atoms with Crippen LogP contribution < -0.4 is 5.32 Å². The van der Waals surface area contributed by atoms with Crippen molar-refractivity contribution in [3.8, 4) is 0 Å². The van der Waals surface area contributed by atoms with Crippen molar-refractivity contribution < 1.29 is 0 Å². The van der Waals surface area contributed by atoms with E-state index in [1.54, 1.807) is 0 Å². The smallest absolute Gasteiger partial charge is 0.0637 e. The molecule has 94 valence electrons. The lowest BCUT2D eigenvalue weighted by Gasteiger charge is -2.10. The second kappa shape index (κ2) is 5.77. The summed E-state index contributed by atoms with van der Waals surface area (Å²) in [5.74, 6) is 0. The molecule has 0 radical (unpaired) electrons. The molecular formula is C15H15BrClN. The van der Waals surface area contributed by atoms with Crippen LogP contribution in [0.2, 0.25) is 5.02 Å². The van der Waals surface area contributed by atoms with E-state index in [9.17, 15) is 0 Å². The van der Waals surface area contributed by atoms with Crippen LogP contribution in [0.5, 0.6) is 0 Å². The third-order valence-electron chi connectivity index (χ3n) is 2.83. The van der Waals surface area contributed by atoms with Gasteiger partial charge in [-0.2, -0.15) is 0 Å². The Morgan fingerprint density at radius 1 is 1.11 bits per heavy atom. The number of anilines is 1. The molecule has 3 heteroatoms. The van der Waals surface area contributed by atoms with Crippen LogP contribution in [-0.4, -0.2) is 0 Å². The van der Waals surface area contributed by atoms with E-state index in [0.29, 0.717) is 0 Å². The average Bonchev–Trinajstić information content (AvgIpc) is 2.34. The van der Waals surface area contributed by atoms with Gasteiger partial charge in [-0.25, -0.2) is 0 Å². The molecule has 0 saturated carbocycles. The van der Waals surface area contributed by atoms with Gasteiger partial charge in [-0.15, -0.1) is 0 Å². The lowest BCUT2D eigenvalue weighted by molar-refractivity contribution is 1.14. The Kier molecular flexibility index (Phi) is 4.31. The zero-order valence-corrected chi connectivity index (χ0v) is 12.8. The van der Waals surface area contributed by atoms with Crippen LogP contribution in [0, 0.1) is 13.8 Å². The van der Waals surface area contributed by atoms with Crippen molar-refractivity contribution in [1.82, 2.24) is 0 Å². The predicted molar refractivity (Wildman–Crippen MR) is 82.4 cm³/mol. The van der Waals surface area contributed by atoms with Crippen molar-refractivity contribution in [2.45, 2.75) is 20.4 Å². The Balaban J connectivity index is 2.11. The lowest BCUT2D eigenvalue weighted by atomic mass is 10.1. The Morgan fingerprint density at radius 2 is 1.89 bits per heavy atom. The molecule has 0 saturated heterocycles. The van der Waals surface area contributed by atoms with Gasteiger partial charge in [0.2, 0.25) is 0 Å². The third kappa shape index (κ3) is 3.27. The molecule has 0 aliphatic heterocycles. The van der Waals surface area contributed by atoms with Crippen LogP contribution >= 0.6 is 27.5 Å². The van der Waals surface area contributed by atoms with Gasteiger partial charge in [0, 0.05) is 11.0 Å². The summed E-state index contributed by atoms with van der Waals surface area (Å²) in [6.07, 6.45) is 0. The number of hydrogen-bond donors (Lipinski definition) is 1. The molecule has 2 aromatic carbocycles. The molecule has 0 unspecified atom stereocenters. The van der Waals surface area contributed by atoms with Crippen LogP contribution in [0.25, 0.3) is 0 Å². The Morgan fingerprint density at radius 3 is 2.61 bits per heavy atom.